The fraction of sp³-hybridized carbons (Fsp3) is 0. The summed E-state index contributed by atoms with van der Waals surface area (Å²) < 4.78 is 66.4. The van der Waals surface area contributed by atoms with E-state index in [0.29, 0.717) is 0 Å². The van der Waals surface area contributed by atoms with Crippen LogP contribution in [0.15, 0.2) is 182 Å². The summed E-state index contributed by atoms with van der Waals surface area (Å²) in [6.45, 7) is 36.0. The normalized spacial score (nSPS) is 8.14. The fourth-order valence-electron chi connectivity index (χ4n) is 5.27. The number of hydrogen-bond acceptors (Lipinski definition) is 0. The quantitative estimate of drug-likeness (QED) is 0.0619. The Morgan fingerprint density at radius 3 is 0.456 bits per heavy atom. The number of benzene rings is 6. The maximum absolute atomic E-state index is 7.50. The van der Waals surface area contributed by atoms with Gasteiger partial charge in [0.25, 0.3) is 0 Å². The van der Waals surface area contributed by atoms with Crippen molar-refractivity contribution < 1.29 is 71.1 Å². The maximum Gasteiger partial charge on any atom is 0.301 e. The van der Waals surface area contributed by atoms with Gasteiger partial charge in [-0.3, -0.25) is 0 Å². The monoisotopic (exact) mass is 877 g/mol. The molecular formula is C44H30CoFeNO8P2+. The van der Waals surface area contributed by atoms with E-state index < -0.39 is 14.1 Å². The molecule has 0 atom stereocenters. The average Bonchev–Trinajstić information content (AvgIpc) is 3.34. The van der Waals surface area contributed by atoms with Gasteiger partial charge in [0.05, 0.1) is 31.8 Å². The predicted octanol–water partition coefficient (Wildman–Crippen LogP) is 6.10. The third kappa shape index (κ3) is 16.8. The van der Waals surface area contributed by atoms with Crippen molar-refractivity contribution in [3.05, 3.63) is 235 Å². The van der Waals surface area contributed by atoms with E-state index in [1.165, 1.54) is 31.8 Å². The van der Waals surface area contributed by atoms with E-state index in [2.05, 4.69) is 235 Å². The van der Waals surface area contributed by atoms with E-state index in [4.69, 9.17) is 41.4 Å². The molecule has 57 heavy (non-hydrogen) atoms. The third-order valence-electron chi connectivity index (χ3n) is 7.05. The van der Waals surface area contributed by atoms with Crippen LogP contribution in [0.1, 0.15) is 0 Å². The molecule has 0 heterocycles. The van der Waals surface area contributed by atoms with Crippen molar-refractivity contribution >= 4 is 45.9 Å². The standard InChI is InChI=1S/C36H30NP2.8CO.Co.Fe/c1-7-19-31(20-8-1)38(32-21-9-2-10-22-32,33-23-11-3-12-24-33)37-39(34-25-13-4-14-26-34,35-27-15-5-16-28-35)36-29-17-6-18-30-36;8*1-2;;/h1-30H;;;;;;;;;;/q+1;;;;;;;;;;. The summed E-state index contributed by atoms with van der Waals surface area (Å²) >= 11 is 0. The molecule has 0 amide bonds. The molecule has 0 aliphatic heterocycles. The molecule has 6 aromatic carbocycles. The summed E-state index contributed by atoms with van der Waals surface area (Å²) in [5.74, 6) is 0. The molecule has 0 aromatic heterocycles. The molecule has 0 saturated carbocycles. The van der Waals surface area contributed by atoms with Crippen molar-refractivity contribution in [2.75, 3.05) is 0 Å². The van der Waals surface area contributed by atoms with E-state index in [0.717, 1.165) is 0 Å². The minimum Gasteiger partial charge on any atom is -0.148 e. The number of rotatable bonds is 6. The van der Waals surface area contributed by atoms with Crippen molar-refractivity contribution in [2.45, 2.75) is 0 Å². The first-order chi connectivity index (χ1) is 27.3. The van der Waals surface area contributed by atoms with Crippen molar-refractivity contribution in [2.24, 2.45) is 0 Å². The number of nitrogens with zero attached hydrogens (tertiary/aromatic N) is 1. The summed E-state index contributed by atoms with van der Waals surface area (Å²) in [5, 5.41) is 7.55. The maximum atomic E-state index is 7.50. The Morgan fingerprint density at radius 2 is 0.351 bits per heavy atom. The second-order valence-electron chi connectivity index (χ2n) is 9.37. The Balaban J connectivity index is -0.000000449. The van der Waals surface area contributed by atoms with Gasteiger partial charge in [-0.2, -0.15) is 0 Å². The van der Waals surface area contributed by atoms with Gasteiger partial charge in [0, 0.05) is 33.8 Å². The Kier molecular flexibility index (Phi) is 43.4. The summed E-state index contributed by atoms with van der Waals surface area (Å²) in [6, 6.07) is 65.7. The molecule has 285 valence electrons. The van der Waals surface area contributed by atoms with Gasteiger partial charge in [0.1, 0.15) is 0 Å². The number of hydrogen-bond donors (Lipinski definition) is 0. The van der Waals surface area contributed by atoms with Gasteiger partial charge in [-0.25, -0.2) is 0 Å². The molecule has 0 fully saturated rings. The zero-order valence-corrected chi connectivity index (χ0v) is 33.5. The van der Waals surface area contributed by atoms with Crippen LogP contribution in [-0.2, 0) is 71.1 Å². The van der Waals surface area contributed by atoms with Crippen molar-refractivity contribution in [1.82, 2.24) is 4.17 Å². The molecule has 0 aliphatic carbocycles. The topological polar surface area (TPSA) is 173 Å². The molecular weight excluding hydrogens is 847 g/mol. The zero-order chi connectivity index (χ0) is 42.4. The molecule has 1 radical (unpaired) electrons. The molecule has 9 nitrogen and oxygen atoms in total. The summed E-state index contributed by atoms with van der Waals surface area (Å²) in [7, 11) is -4.99. The van der Waals surface area contributed by atoms with E-state index in [1.54, 1.807) is 0 Å². The van der Waals surface area contributed by atoms with Crippen LogP contribution in [0.4, 0.5) is 0 Å². The molecule has 0 spiro atoms. The molecule has 0 aliphatic rings. The van der Waals surface area contributed by atoms with Crippen molar-refractivity contribution in [1.29, 1.82) is 0 Å². The van der Waals surface area contributed by atoms with Crippen LogP contribution in [0.2, 0.25) is 0 Å². The molecule has 13 heteroatoms. The van der Waals surface area contributed by atoms with Crippen molar-refractivity contribution in [3.8, 4) is 0 Å². The van der Waals surface area contributed by atoms with Gasteiger partial charge >= 0.3 is 105 Å². The molecule has 6 rings (SSSR count). The first-order valence-corrected chi connectivity index (χ1v) is 18.3. The van der Waals surface area contributed by atoms with Gasteiger partial charge < -0.3 is 0 Å². The first kappa shape index (κ1) is 61.1. The Bertz CT molecular complexity index is 1780. The van der Waals surface area contributed by atoms with E-state index >= 15 is 0 Å². The van der Waals surface area contributed by atoms with Crippen molar-refractivity contribution in [3.63, 3.8) is 0 Å². The largest absolute Gasteiger partial charge is 0.301 e. The van der Waals surface area contributed by atoms with Crippen LogP contribution in [0, 0.1) is 53.2 Å². The SMILES string of the molecule is [C-]#[O+].[C-]#[O+].[C-]#[O+].[C-]#[O+].[C-]#[O+].[C-]#[O+].[C-]#[O+].[C-]#[O+].[Co].[Fe].c1ccc(P(=[N+]=P(c2ccccc2)(c2ccccc2)c2ccccc2)(c2ccccc2)c2ccccc2)cc1. The van der Waals surface area contributed by atoms with E-state index in [9.17, 15) is 0 Å². The van der Waals surface area contributed by atoms with Crippen LogP contribution < -0.4 is 36.0 Å². The van der Waals surface area contributed by atoms with Crippen LogP contribution in [0.25, 0.3) is 0 Å². The average molecular weight is 877 g/mol. The first-order valence-electron chi connectivity index (χ1n) is 14.8. The van der Waals surface area contributed by atoms with Gasteiger partial charge in [-0.1, -0.05) is 109 Å². The second kappa shape index (κ2) is 40.5. The Hall–Kier alpha value is -5.16. The minimum atomic E-state index is -2.50. The van der Waals surface area contributed by atoms with Gasteiger partial charge in [0.15, 0.2) is 0 Å². The van der Waals surface area contributed by atoms with Crippen LogP contribution in [0.3, 0.4) is 0 Å². The predicted molar refractivity (Wildman–Crippen MR) is 204 cm³/mol. The minimum absolute atomic E-state index is 0. The second-order valence-corrected chi connectivity index (χ2v) is 15.7. The van der Waals surface area contributed by atoms with Crippen LogP contribution in [-0.4, -0.2) is 0 Å². The van der Waals surface area contributed by atoms with Crippen LogP contribution in [0.5, 0.6) is 0 Å². The van der Waals surface area contributed by atoms with E-state index in [-0.39, 0.29) is 33.8 Å². The Labute approximate surface area is 354 Å². The fourth-order valence-corrected chi connectivity index (χ4v) is 14.8. The third-order valence-corrected chi connectivity index (χ3v) is 15.5. The smallest absolute Gasteiger partial charge is 0.148 e. The molecule has 6 aromatic rings. The van der Waals surface area contributed by atoms with Crippen LogP contribution >= 0.6 is 14.1 Å². The molecule has 0 unspecified atom stereocenters. The Morgan fingerprint density at radius 1 is 0.246 bits per heavy atom. The van der Waals surface area contributed by atoms with E-state index in [1.807, 2.05) is 0 Å². The molecule has 0 N–H and O–H groups in total. The summed E-state index contributed by atoms with van der Waals surface area (Å²) in [5.41, 5.74) is 0. The molecule has 0 saturated heterocycles. The van der Waals surface area contributed by atoms with Gasteiger partial charge in [0.2, 0.25) is 0 Å². The van der Waals surface area contributed by atoms with Gasteiger partial charge in [-0.05, 0) is 72.8 Å². The summed E-state index contributed by atoms with van der Waals surface area (Å²) in [4.78, 5) is 0. The van der Waals surface area contributed by atoms with Gasteiger partial charge in [-0.15, -0.1) is 4.17 Å². The zero-order valence-electron chi connectivity index (χ0n) is 29.6. The molecule has 0 bridgehead atoms. The summed E-state index contributed by atoms with van der Waals surface area (Å²) in [6.07, 6.45) is 0.